The first-order chi connectivity index (χ1) is 11.1. The molecule has 3 aromatic carbocycles. The monoisotopic (exact) mass is 310 g/mol. The summed E-state index contributed by atoms with van der Waals surface area (Å²) in [5.74, 6) is 1.23. The molecule has 3 rings (SSSR count). The summed E-state index contributed by atoms with van der Waals surface area (Å²) in [6, 6.07) is 11.7. The highest BCUT2D eigenvalue weighted by Gasteiger charge is 2.11. The quantitative estimate of drug-likeness (QED) is 0.737. The maximum Gasteiger partial charge on any atom is 0.218 e. The number of nitrogens with one attached hydrogen (secondary N) is 1. The number of hydrogen-bond acceptors (Lipinski definition) is 6. The minimum absolute atomic E-state index is 0.135. The lowest BCUT2D eigenvalue weighted by Gasteiger charge is -2.01. The Balaban J connectivity index is 2.04. The predicted molar refractivity (Wildman–Crippen MR) is 87.6 cm³/mol. The van der Waals surface area contributed by atoms with E-state index in [-0.39, 0.29) is 5.36 Å². The lowest BCUT2D eigenvalue weighted by atomic mass is 10.2. The normalized spacial score (nSPS) is 11.7. The van der Waals surface area contributed by atoms with Crippen LogP contribution in [0.5, 0.6) is 11.5 Å². The van der Waals surface area contributed by atoms with Crippen LogP contribution < -0.4 is 31.1 Å². The largest absolute Gasteiger partial charge is 0.497 e. The third kappa shape index (κ3) is 2.66. The van der Waals surface area contributed by atoms with Gasteiger partial charge in [0.25, 0.3) is 0 Å². The molecule has 0 radical (unpaired) electrons. The van der Waals surface area contributed by atoms with E-state index in [0.717, 1.165) is 0 Å². The molecule has 0 aliphatic heterocycles. The first kappa shape index (κ1) is 14.8. The van der Waals surface area contributed by atoms with Crippen LogP contribution >= 0.6 is 0 Å². The van der Waals surface area contributed by atoms with Crippen molar-refractivity contribution in [1.82, 2.24) is 0 Å². The highest BCUT2D eigenvalue weighted by molar-refractivity contribution is 5.84. The van der Waals surface area contributed by atoms with Crippen molar-refractivity contribution in [2.75, 3.05) is 19.6 Å². The third-order valence-corrected chi connectivity index (χ3v) is 3.53. The Labute approximate surface area is 131 Å². The zero-order valence-corrected chi connectivity index (χ0v) is 12.6. The summed E-state index contributed by atoms with van der Waals surface area (Å²) in [6.45, 7) is 0. The molecule has 3 aromatic rings. The summed E-state index contributed by atoms with van der Waals surface area (Å²) >= 11 is 0. The molecule has 6 nitrogen and oxygen atoms in total. The van der Waals surface area contributed by atoms with E-state index in [1.165, 1.54) is 7.11 Å². The zero-order chi connectivity index (χ0) is 16.4. The average molecular weight is 310 g/mol. The Hall–Kier alpha value is -3.15. The van der Waals surface area contributed by atoms with Crippen LogP contribution in [-0.4, -0.2) is 14.2 Å². The molecule has 116 valence electrons. The summed E-state index contributed by atoms with van der Waals surface area (Å²) in [5.41, 5.74) is 2.56. The number of hydrogen-bond donors (Lipinski definition) is 1. The molecule has 0 spiro atoms. The van der Waals surface area contributed by atoms with E-state index >= 15 is 0 Å². The zero-order valence-electron chi connectivity index (χ0n) is 12.6. The van der Waals surface area contributed by atoms with Crippen LogP contribution in [0.2, 0.25) is 0 Å². The van der Waals surface area contributed by atoms with Gasteiger partial charge >= 0.3 is 0 Å². The SMILES string of the molecule is COc1ccc(N/N=c2/c(=O)c3ccc(OC)cc3c2=O)cc1. The maximum absolute atomic E-state index is 12.3. The van der Waals surface area contributed by atoms with Crippen LogP contribution in [0.3, 0.4) is 0 Å². The Bertz CT molecular complexity index is 1000. The molecule has 6 heteroatoms. The summed E-state index contributed by atoms with van der Waals surface area (Å²) in [4.78, 5) is 24.6. The molecule has 0 saturated carbocycles. The number of nitrogens with zero attached hydrogens (tertiary/aromatic N) is 1. The second-order valence-electron chi connectivity index (χ2n) is 4.87. The van der Waals surface area contributed by atoms with E-state index in [4.69, 9.17) is 9.47 Å². The van der Waals surface area contributed by atoms with Crippen LogP contribution in [0.15, 0.2) is 57.2 Å². The molecule has 0 heterocycles. The van der Waals surface area contributed by atoms with Crippen molar-refractivity contribution in [3.63, 3.8) is 0 Å². The minimum atomic E-state index is -0.412. The number of ether oxygens (including phenoxy) is 2. The van der Waals surface area contributed by atoms with E-state index in [0.29, 0.717) is 28.0 Å². The first-order valence-corrected chi connectivity index (χ1v) is 6.89. The Morgan fingerprint density at radius 2 is 1.43 bits per heavy atom. The fourth-order valence-electron chi connectivity index (χ4n) is 2.28. The van der Waals surface area contributed by atoms with Gasteiger partial charge in [-0.1, -0.05) is 0 Å². The van der Waals surface area contributed by atoms with Crippen molar-refractivity contribution < 1.29 is 9.47 Å². The molecular formula is C17H14N2O4. The minimum Gasteiger partial charge on any atom is -0.497 e. The molecule has 0 amide bonds. The van der Waals surface area contributed by atoms with Crippen molar-refractivity contribution >= 4 is 16.5 Å². The fourth-order valence-corrected chi connectivity index (χ4v) is 2.28. The Kier molecular flexibility index (Phi) is 3.80. The van der Waals surface area contributed by atoms with Crippen molar-refractivity contribution in [3.8, 4) is 11.5 Å². The topological polar surface area (TPSA) is 77.0 Å². The summed E-state index contributed by atoms with van der Waals surface area (Å²) in [6.07, 6.45) is 0. The van der Waals surface area contributed by atoms with Gasteiger partial charge in [-0.3, -0.25) is 15.0 Å². The smallest absolute Gasteiger partial charge is 0.218 e. The molecule has 0 saturated heterocycles. The lowest BCUT2D eigenvalue weighted by molar-refractivity contribution is 0.415. The van der Waals surface area contributed by atoms with Gasteiger partial charge in [0.1, 0.15) is 11.5 Å². The van der Waals surface area contributed by atoms with Crippen LogP contribution in [0, 0.1) is 0 Å². The number of fused-ring (bicyclic) bond motifs is 1. The molecule has 0 fully saturated rings. The Morgan fingerprint density at radius 3 is 2.09 bits per heavy atom. The lowest BCUT2D eigenvalue weighted by Crippen LogP contribution is -2.32. The van der Waals surface area contributed by atoms with Crippen molar-refractivity contribution in [1.29, 1.82) is 0 Å². The Morgan fingerprint density at radius 1 is 0.826 bits per heavy atom. The number of rotatable bonds is 4. The summed E-state index contributed by atoms with van der Waals surface area (Å²) in [7, 11) is 3.08. The van der Waals surface area contributed by atoms with Crippen LogP contribution in [0.1, 0.15) is 0 Å². The predicted octanol–water partition coefficient (Wildman–Crippen LogP) is 1.38. The standard InChI is InChI=1S/C17H14N2O4/c1-22-11-5-3-10(4-6-11)18-19-15-16(20)13-8-7-12(23-2)9-14(13)17(15)21/h3-9,18H,1-2H3/b19-15-. The van der Waals surface area contributed by atoms with Crippen molar-refractivity contribution in [2.24, 2.45) is 5.10 Å². The molecule has 0 aliphatic rings. The second kappa shape index (κ2) is 5.92. The molecular weight excluding hydrogens is 296 g/mol. The highest BCUT2D eigenvalue weighted by Crippen LogP contribution is 2.15. The number of methoxy groups -OCH3 is 2. The van der Waals surface area contributed by atoms with E-state index in [1.54, 1.807) is 49.6 Å². The van der Waals surface area contributed by atoms with Crippen LogP contribution in [-0.2, 0) is 0 Å². The van der Waals surface area contributed by atoms with Crippen molar-refractivity contribution in [3.05, 3.63) is 68.3 Å². The van der Waals surface area contributed by atoms with Crippen LogP contribution in [0.25, 0.3) is 10.8 Å². The molecule has 23 heavy (non-hydrogen) atoms. The van der Waals surface area contributed by atoms with Crippen LogP contribution in [0.4, 0.5) is 5.69 Å². The molecule has 0 aromatic heterocycles. The third-order valence-electron chi connectivity index (χ3n) is 3.53. The van der Waals surface area contributed by atoms with Gasteiger partial charge in [0.05, 0.1) is 19.9 Å². The van der Waals surface area contributed by atoms with Gasteiger partial charge in [-0.15, -0.1) is 0 Å². The molecule has 0 aliphatic carbocycles. The second-order valence-corrected chi connectivity index (χ2v) is 4.87. The first-order valence-electron chi connectivity index (χ1n) is 6.89. The van der Waals surface area contributed by atoms with E-state index < -0.39 is 10.9 Å². The summed E-state index contributed by atoms with van der Waals surface area (Å²) < 4.78 is 10.1. The van der Waals surface area contributed by atoms with Gasteiger partial charge in [-0.25, -0.2) is 0 Å². The molecule has 0 bridgehead atoms. The van der Waals surface area contributed by atoms with E-state index in [2.05, 4.69) is 10.5 Å². The van der Waals surface area contributed by atoms with Gasteiger partial charge in [-0.05, 0) is 42.5 Å². The van der Waals surface area contributed by atoms with Gasteiger partial charge in [0.2, 0.25) is 10.9 Å². The van der Waals surface area contributed by atoms with Gasteiger partial charge in [0.15, 0.2) is 5.36 Å². The molecule has 0 atom stereocenters. The van der Waals surface area contributed by atoms with Crippen molar-refractivity contribution in [2.45, 2.75) is 0 Å². The molecule has 0 unspecified atom stereocenters. The number of anilines is 1. The maximum atomic E-state index is 12.3. The average Bonchev–Trinajstić information content (AvgIpc) is 2.84. The van der Waals surface area contributed by atoms with Gasteiger partial charge < -0.3 is 9.47 Å². The van der Waals surface area contributed by atoms with E-state index in [1.807, 2.05) is 0 Å². The fraction of sp³-hybridized carbons (Fsp3) is 0.118. The summed E-state index contributed by atoms with van der Waals surface area (Å²) in [5, 5.41) is 4.48. The van der Waals surface area contributed by atoms with Gasteiger partial charge in [0, 0.05) is 10.8 Å². The highest BCUT2D eigenvalue weighted by atomic mass is 16.5. The number of benzene rings is 2. The van der Waals surface area contributed by atoms with Gasteiger partial charge in [-0.2, -0.15) is 5.10 Å². The molecule has 1 N–H and O–H groups in total. The van der Waals surface area contributed by atoms with E-state index in [9.17, 15) is 9.59 Å².